The van der Waals surface area contributed by atoms with Crippen LogP contribution < -0.4 is 15.4 Å². The predicted octanol–water partition coefficient (Wildman–Crippen LogP) is 2.41. The fraction of sp³-hybridized carbons (Fsp3) is 0.462. The van der Waals surface area contributed by atoms with Crippen molar-refractivity contribution in [2.75, 3.05) is 27.2 Å². The number of urea groups is 1. The second-order valence-corrected chi connectivity index (χ2v) is 5.35. The molecule has 0 radical (unpaired) electrons. The molecule has 0 aliphatic heterocycles. The molecule has 0 bridgehead atoms. The second kappa shape index (κ2) is 8.78. The zero-order valence-corrected chi connectivity index (χ0v) is 13.4. The van der Waals surface area contributed by atoms with Crippen molar-refractivity contribution in [3.63, 3.8) is 0 Å². The zero-order chi connectivity index (χ0) is 15.8. The maximum atomic E-state index is 12.3. The van der Waals surface area contributed by atoms with Gasteiger partial charge in [0.05, 0.1) is 0 Å². The molecule has 0 atom stereocenters. The first-order chi connectivity index (χ1) is 9.90. The molecule has 1 rings (SSSR count). The maximum Gasteiger partial charge on any atom is 0.387 e. The molecule has 5 nitrogen and oxygen atoms in total. The molecule has 0 saturated carbocycles. The number of rotatable bonds is 7. The molecular weight excluding hydrogens is 348 g/mol. The average molecular weight is 366 g/mol. The van der Waals surface area contributed by atoms with Crippen LogP contribution in [0, 0.1) is 0 Å². The highest BCUT2D eigenvalue weighted by Crippen LogP contribution is 2.24. The Labute approximate surface area is 130 Å². The summed E-state index contributed by atoms with van der Waals surface area (Å²) >= 11 is 3.29. The van der Waals surface area contributed by atoms with Crippen LogP contribution >= 0.6 is 15.9 Å². The minimum absolute atomic E-state index is 0.137. The van der Waals surface area contributed by atoms with E-state index in [0.717, 1.165) is 4.47 Å². The topological polar surface area (TPSA) is 53.6 Å². The van der Waals surface area contributed by atoms with Crippen molar-refractivity contribution in [2.45, 2.75) is 13.2 Å². The van der Waals surface area contributed by atoms with Gasteiger partial charge in [-0.15, -0.1) is 0 Å². The van der Waals surface area contributed by atoms with Crippen molar-refractivity contribution in [3.05, 3.63) is 28.2 Å². The van der Waals surface area contributed by atoms with Gasteiger partial charge < -0.3 is 20.3 Å². The molecule has 2 N–H and O–H groups in total. The van der Waals surface area contributed by atoms with Crippen LogP contribution in [0.5, 0.6) is 5.75 Å². The molecule has 0 saturated heterocycles. The SMILES string of the molecule is CN(C)C(=O)NCCNCc1cc(Br)ccc1OC(F)F. The van der Waals surface area contributed by atoms with Crippen LogP contribution in [-0.4, -0.2) is 44.7 Å². The van der Waals surface area contributed by atoms with E-state index in [4.69, 9.17) is 0 Å². The minimum atomic E-state index is -2.86. The van der Waals surface area contributed by atoms with Crippen molar-refractivity contribution in [1.29, 1.82) is 0 Å². The number of alkyl halides is 2. The van der Waals surface area contributed by atoms with E-state index >= 15 is 0 Å². The number of nitrogens with zero attached hydrogens (tertiary/aromatic N) is 1. The Balaban J connectivity index is 2.44. The summed E-state index contributed by atoms with van der Waals surface area (Å²) in [4.78, 5) is 12.7. The Morgan fingerprint density at radius 2 is 2.10 bits per heavy atom. The molecule has 1 aromatic carbocycles. The van der Waals surface area contributed by atoms with Crippen LogP contribution in [0.1, 0.15) is 5.56 Å². The zero-order valence-electron chi connectivity index (χ0n) is 11.8. The number of hydrogen-bond donors (Lipinski definition) is 2. The molecule has 0 spiro atoms. The summed E-state index contributed by atoms with van der Waals surface area (Å²) in [5, 5.41) is 5.75. The summed E-state index contributed by atoms with van der Waals surface area (Å²) in [6.07, 6.45) is 0. The average Bonchev–Trinajstić information content (AvgIpc) is 2.40. The van der Waals surface area contributed by atoms with Gasteiger partial charge in [0.1, 0.15) is 5.75 Å². The highest BCUT2D eigenvalue weighted by atomic mass is 79.9. The lowest BCUT2D eigenvalue weighted by atomic mass is 10.2. The van der Waals surface area contributed by atoms with E-state index in [-0.39, 0.29) is 11.8 Å². The van der Waals surface area contributed by atoms with Crippen LogP contribution in [0.15, 0.2) is 22.7 Å². The van der Waals surface area contributed by atoms with Gasteiger partial charge in [-0.1, -0.05) is 15.9 Å². The Kier molecular flexibility index (Phi) is 7.38. The normalized spacial score (nSPS) is 10.6. The summed E-state index contributed by atoms with van der Waals surface area (Å²) in [7, 11) is 3.30. The number of halogens is 3. The first kappa shape index (κ1) is 17.6. The molecule has 21 heavy (non-hydrogen) atoms. The summed E-state index contributed by atoms with van der Waals surface area (Å²) in [5.74, 6) is 0.137. The molecule has 8 heteroatoms. The monoisotopic (exact) mass is 365 g/mol. The van der Waals surface area contributed by atoms with E-state index in [2.05, 4.69) is 31.3 Å². The van der Waals surface area contributed by atoms with E-state index in [9.17, 15) is 13.6 Å². The predicted molar refractivity (Wildman–Crippen MR) is 79.6 cm³/mol. The van der Waals surface area contributed by atoms with Gasteiger partial charge in [-0.25, -0.2) is 4.79 Å². The van der Waals surface area contributed by atoms with Crippen LogP contribution in [0.3, 0.4) is 0 Å². The van der Waals surface area contributed by atoms with E-state index in [1.807, 2.05) is 0 Å². The van der Waals surface area contributed by atoms with Crippen molar-refractivity contribution in [1.82, 2.24) is 15.5 Å². The summed E-state index contributed by atoms with van der Waals surface area (Å²) in [5.41, 5.74) is 0.614. The molecular formula is C13H18BrF2N3O2. The van der Waals surface area contributed by atoms with Crippen molar-refractivity contribution < 1.29 is 18.3 Å². The van der Waals surface area contributed by atoms with E-state index in [0.29, 0.717) is 25.2 Å². The molecule has 2 amide bonds. The molecule has 1 aromatic rings. The third-order valence-electron chi connectivity index (χ3n) is 2.54. The third-order valence-corrected chi connectivity index (χ3v) is 3.03. The third kappa shape index (κ3) is 6.72. The molecule has 0 aliphatic rings. The van der Waals surface area contributed by atoms with Gasteiger partial charge in [0.2, 0.25) is 0 Å². The fourth-order valence-corrected chi connectivity index (χ4v) is 1.94. The molecule has 0 aromatic heterocycles. The van der Waals surface area contributed by atoms with Gasteiger partial charge in [-0.05, 0) is 18.2 Å². The first-order valence-electron chi connectivity index (χ1n) is 6.29. The largest absolute Gasteiger partial charge is 0.434 e. The Bertz CT molecular complexity index is 473. The lowest BCUT2D eigenvalue weighted by Crippen LogP contribution is -2.38. The van der Waals surface area contributed by atoms with Crippen molar-refractivity contribution >= 4 is 22.0 Å². The van der Waals surface area contributed by atoms with E-state index in [1.165, 1.54) is 11.0 Å². The number of benzene rings is 1. The number of ether oxygens (including phenoxy) is 1. The summed E-state index contributed by atoms with van der Waals surface area (Å²) in [6, 6.07) is 4.66. The fourth-order valence-electron chi connectivity index (χ4n) is 1.54. The molecule has 0 unspecified atom stereocenters. The molecule has 118 valence electrons. The van der Waals surface area contributed by atoms with Crippen molar-refractivity contribution in [2.24, 2.45) is 0 Å². The second-order valence-electron chi connectivity index (χ2n) is 4.43. The van der Waals surface area contributed by atoms with Gasteiger partial charge in [0.15, 0.2) is 0 Å². The highest BCUT2D eigenvalue weighted by molar-refractivity contribution is 9.10. The van der Waals surface area contributed by atoms with Crippen LogP contribution in [-0.2, 0) is 6.54 Å². The quantitative estimate of drug-likeness (QED) is 0.729. The Morgan fingerprint density at radius 3 is 2.71 bits per heavy atom. The van der Waals surface area contributed by atoms with Gasteiger partial charge in [0, 0.05) is 43.8 Å². The molecule has 0 fully saturated rings. The number of amides is 2. The number of carbonyl (C=O) groups excluding carboxylic acids is 1. The number of hydrogen-bond acceptors (Lipinski definition) is 3. The van der Waals surface area contributed by atoms with Crippen LogP contribution in [0.4, 0.5) is 13.6 Å². The Hall–Kier alpha value is -1.41. The van der Waals surface area contributed by atoms with E-state index in [1.54, 1.807) is 26.2 Å². The summed E-state index contributed by atoms with van der Waals surface area (Å²) in [6.45, 7) is -1.54. The standard InChI is InChI=1S/C13H18BrF2N3O2/c1-19(2)13(20)18-6-5-17-8-9-7-10(14)3-4-11(9)21-12(15)16/h3-4,7,12,17H,5-6,8H2,1-2H3,(H,18,20). The van der Waals surface area contributed by atoms with E-state index < -0.39 is 6.61 Å². The Morgan fingerprint density at radius 1 is 1.38 bits per heavy atom. The molecule has 0 heterocycles. The van der Waals surface area contributed by atoms with Gasteiger partial charge in [0.25, 0.3) is 0 Å². The molecule has 0 aliphatic carbocycles. The lowest BCUT2D eigenvalue weighted by Gasteiger charge is -2.14. The van der Waals surface area contributed by atoms with Gasteiger partial charge in [-0.3, -0.25) is 0 Å². The maximum absolute atomic E-state index is 12.3. The first-order valence-corrected chi connectivity index (χ1v) is 7.08. The van der Waals surface area contributed by atoms with Gasteiger partial charge in [-0.2, -0.15) is 8.78 Å². The lowest BCUT2D eigenvalue weighted by molar-refractivity contribution is -0.0505. The smallest absolute Gasteiger partial charge is 0.387 e. The van der Waals surface area contributed by atoms with Crippen LogP contribution in [0.2, 0.25) is 0 Å². The van der Waals surface area contributed by atoms with Crippen molar-refractivity contribution in [3.8, 4) is 5.75 Å². The summed E-state index contributed by atoms with van der Waals surface area (Å²) < 4.78 is 29.8. The number of carbonyl (C=O) groups is 1. The van der Waals surface area contributed by atoms with Gasteiger partial charge >= 0.3 is 12.6 Å². The number of nitrogens with one attached hydrogen (secondary N) is 2. The highest BCUT2D eigenvalue weighted by Gasteiger charge is 2.10. The van der Waals surface area contributed by atoms with Crippen LogP contribution in [0.25, 0.3) is 0 Å². The minimum Gasteiger partial charge on any atom is -0.434 e.